The second kappa shape index (κ2) is 7.72. The molecule has 1 aliphatic rings. The molecule has 2 atom stereocenters. The maximum Gasteiger partial charge on any atom is 0.264 e. The number of carbonyl (C=O) groups is 3. The largest absolute Gasteiger partial charge is 0.323 e. The highest BCUT2D eigenvalue weighted by Gasteiger charge is 2.45. The number of rotatable bonds is 5. The lowest BCUT2D eigenvalue weighted by Gasteiger charge is -2.32. The molecule has 0 N–H and O–H groups in total. The molecule has 0 saturated carbocycles. The molecule has 0 aliphatic carbocycles. The Balaban J connectivity index is 1.93. The third-order valence-corrected chi connectivity index (χ3v) is 5.96. The van der Waals surface area contributed by atoms with Gasteiger partial charge >= 0.3 is 0 Å². The minimum Gasteiger partial charge on any atom is -0.323 e. The fourth-order valence-corrected chi connectivity index (χ4v) is 4.00. The molecule has 7 heteroatoms. The number of halogens is 1. The number of anilines is 1. The van der Waals surface area contributed by atoms with Gasteiger partial charge < -0.3 is 4.90 Å². The van der Waals surface area contributed by atoms with Crippen LogP contribution >= 0.6 is 27.3 Å². The standard InChI is InChI=1S/C19H19BrN2O3S/c1-3-12(2)21(19(25)16-5-4-10-26-16)15-11-17(23)22(18(15)24)14-8-6-13(20)7-9-14/h4-10,12,15H,3,11H2,1-2H3. The van der Waals surface area contributed by atoms with Crippen molar-refractivity contribution in [3.8, 4) is 0 Å². The van der Waals surface area contributed by atoms with Gasteiger partial charge in [0.15, 0.2) is 0 Å². The van der Waals surface area contributed by atoms with E-state index >= 15 is 0 Å². The fourth-order valence-electron chi connectivity index (χ4n) is 3.07. The summed E-state index contributed by atoms with van der Waals surface area (Å²) in [7, 11) is 0. The quantitative estimate of drug-likeness (QED) is 0.665. The fraction of sp³-hybridized carbons (Fsp3) is 0.316. The number of benzene rings is 1. The Hall–Kier alpha value is -1.99. The lowest BCUT2D eigenvalue weighted by atomic mass is 10.1. The minimum absolute atomic E-state index is 0.0103. The van der Waals surface area contributed by atoms with E-state index < -0.39 is 6.04 Å². The lowest BCUT2D eigenvalue weighted by molar-refractivity contribution is -0.122. The van der Waals surface area contributed by atoms with Gasteiger partial charge in [-0.1, -0.05) is 28.9 Å². The van der Waals surface area contributed by atoms with Crippen molar-refractivity contribution < 1.29 is 14.4 Å². The summed E-state index contributed by atoms with van der Waals surface area (Å²) in [6, 6.07) is 9.65. The van der Waals surface area contributed by atoms with Crippen LogP contribution in [-0.2, 0) is 9.59 Å². The van der Waals surface area contributed by atoms with Crippen molar-refractivity contribution in [3.63, 3.8) is 0 Å². The summed E-state index contributed by atoms with van der Waals surface area (Å²) in [5.74, 6) is -0.824. The highest BCUT2D eigenvalue weighted by atomic mass is 79.9. The van der Waals surface area contributed by atoms with Gasteiger partial charge in [0.25, 0.3) is 11.8 Å². The molecule has 5 nitrogen and oxygen atoms in total. The highest BCUT2D eigenvalue weighted by molar-refractivity contribution is 9.10. The molecule has 0 spiro atoms. The van der Waals surface area contributed by atoms with Gasteiger partial charge in [0.05, 0.1) is 17.0 Å². The minimum atomic E-state index is -0.768. The van der Waals surface area contributed by atoms with Crippen molar-refractivity contribution in [2.45, 2.75) is 38.8 Å². The van der Waals surface area contributed by atoms with Gasteiger partial charge in [0.2, 0.25) is 5.91 Å². The third kappa shape index (κ3) is 3.46. The van der Waals surface area contributed by atoms with Crippen molar-refractivity contribution in [2.75, 3.05) is 4.90 Å². The summed E-state index contributed by atoms with van der Waals surface area (Å²) >= 11 is 4.69. The first-order valence-electron chi connectivity index (χ1n) is 8.42. The van der Waals surface area contributed by atoms with Gasteiger partial charge in [-0.15, -0.1) is 11.3 Å². The molecule has 3 rings (SSSR count). The van der Waals surface area contributed by atoms with Crippen molar-refractivity contribution in [1.29, 1.82) is 0 Å². The topological polar surface area (TPSA) is 57.7 Å². The first-order chi connectivity index (χ1) is 12.4. The third-order valence-electron chi connectivity index (χ3n) is 4.58. The van der Waals surface area contributed by atoms with Crippen LogP contribution in [-0.4, -0.2) is 34.7 Å². The molecular weight excluding hydrogens is 416 g/mol. The van der Waals surface area contributed by atoms with Gasteiger partial charge in [0, 0.05) is 10.5 Å². The van der Waals surface area contributed by atoms with E-state index in [-0.39, 0.29) is 30.2 Å². The molecule has 0 radical (unpaired) electrons. The number of hydrogen-bond donors (Lipinski definition) is 0. The maximum absolute atomic E-state index is 13.0. The Morgan fingerprint density at radius 1 is 1.31 bits per heavy atom. The van der Waals surface area contributed by atoms with E-state index in [1.165, 1.54) is 16.2 Å². The van der Waals surface area contributed by atoms with Gasteiger partial charge in [0.1, 0.15) is 6.04 Å². The smallest absolute Gasteiger partial charge is 0.264 e. The van der Waals surface area contributed by atoms with Crippen LogP contribution in [0.2, 0.25) is 0 Å². The van der Waals surface area contributed by atoms with Crippen LogP contribution in [0.25, 0.3) is 0 Å². The second-order valence-electron chi connectivity index (χ2n) is 6.21. The summed E-state index contributed by atoms with van der Waals surface area (Å²) in [5, 5.41) is 1.83. The van der Waals surface area contributed by atoms with E-state index in [2.05, 4.69) is 15.9 Å². The molecule has 1 saturated heterocycles. The normalized spacial score (nSPS) is 18.3. The SMILES string of the molecule is CCC(C)N(C(=O)c1cccs1)C1CC(=O)N(c2ccc(Br)cc2)C1=O. The average Bonchev–Trinajstić information content (AvgIpc) is 3.25. The van der Waals surface area contributed by atoms with Crippen LogP contribution in [0.15, 0.2) is 46.3 Å². The van der Waals surface area contributed by atoms with E-state index in [9.17, 15) is 14.4 Å². The molecule has 1 aliphatic heterocycles. The molecule has 1 fully saturated rings. The molecule has 136 valence electrons. The zero-order valence-electron chi connectivity index (χ0n) is 14.5. The summed E-state index contributed by atoms with van der Waals surface area (Å²) in [6.45, 7) is 3.87. The van der Waals surface area contributed by atoms with Crippen LogP contribution in [0.1, 0.15) is 36.4 Å². The molecule has 26 heavy (non-hydrogen) atoms. The first-order valence-corrected chi connectivity index (χ1v) is 10.1. The van der Waals surface area contributed by atoms with Gasteiger partial charge in [-0.05, 0) is 49.1 Å². The number of nitrogens with zero attached hydrogens (tertiary/aromatic N) is 2. The zero-order valence-corrected chi connectivity index (χ0v) is 16.9. The molecule has 3 amide bonds. The molecule has 1 aromatic carbocycles. The predicted molar refractivity (Wildman–Crippen MR) is 105 cm³/mol. The van der Waals surface area contributed by atoms with Gasteiger partial charge in [-0.3, -0.25) is 14.4 Å². The molecule has 1 aromatic heterocycles. The Morgan fingerprint density at radius 3 is 2.58 bits per heavy atom. The van der Waals surface area contributed by atoms with E-state index in [0.29, 0.717) is 17.0 Å². The van der Waals surface area contributed by atoms with Crippen LogP contribution < -0.4 is 4.90 Å². The molecular formula is C19H19BrN2O3S. The Bertz CT molecular complexity index is 820. The molecule has 2 heterocycles. The van der Waals surface area contributed by atoms with Gasteiger partial charge in [-0.2, -0.15) is 0 Å². The summed E-state index contributed by atoms with van der Waals surface area (Å²) in [4.78, 5) is 41.9. The van der Waals surface area contributed by atoms with Gasteiger partial charge in [-0.25, -0.2) is 4.90 Å². The van der Waals surface area contributed by atoms with E-state index in [0.717, 1.165) is 4.47 Å². The summed E-state index contributed by atoms with van der Waals surface area (Å²) < 4.78 is 0.867. The Morgan fingerprint density at radius 2 is 2.00 bits per heavy atom. The highest BCUT2D eigenvalue weighted by Crippen LogP contribution is 2.29. The average molecular weight is 435 g/mol. The summed E-state index contributed by atoms with van der Waals surface area (Å²) in [5.41, 5.74) is 0.526. The first kappa shape index (κ1) is 18.8. The van der Waals surface area contributed by atoms with Crippen LogP contribution in [0.4, 0.5) is 5.69 Å². The van der Waals surface area contributed by atoms with Crippen molar-refractivity contribution in [2.24, 2.45) is 0 Å². The second-order valence-corrected chi connectivity index (χ2v) is 8.07. The van der Waals surface area contributed by atoms with Crippen molar-refractivity contribution >= 4 is 50.7 Å². The lowest BCUT2D eigenvalue weighted by Crippen LogP contribution is -2.49. The number of hydrogen-bond acceptors (Lipinski definition) is 4. The predicted octanol–water partition coefficient (Wildman–Crippen LogP) is 4.08. The summed E-state index contributed by atoms with van der Waals surface area (Å²) in [6.07, 6.45) is 0.712. The van der Waals surface area contributed by atoms with Crippen molar-refractivity contribution in [3.05, 3.63) is 51.1 Å². The molecule has 2 aromatic rings. The van der Waals surface area contributed by atoms with Crippen LogP contribution in [0.3, 0.4) is 0 Å². The van der Waals surface area contributed by atoms with Crippen LogP contribution in [0.5, 0.6) is 0 Å². The van der Waals surface area contributed by atoms with Crippen molar-refractivity contribution in [1.82, 2.24) is 4.90 Å². The molecule has 0 bridgehead atoms. The Labute approximate surface area is 164 Å². The zero-order chi connectivity index (χ0) is 18.8. The van der Waals surface area contributed by atoms with E-state index in [4.69, 9.17) is 0 Å². The monoisotopic (exact) mass is 434 g/mol. The number of thiophene rings is 1. The van der Waals surface area contributed by atoms with E-state index in [1.807, 2.05) is 25.3 Å². The van der Waals surface area contributed by atoms with Crippen LogP contribution in [0, 0.1) is 0 Å². The number of carbonyl (C=O) groups excluding carboxylic acids is 3. The number of amides is 3. The number of imide groups is 1. The maximum atomic E-state index is 13.0. The Kier molecular flexibility index (Phi) is 5.58. The molecule has 2 unspecified atom stereocenters. The van der Waals surface area contributed by atoms with E-state index in [1.54, 1.807) is 35.2 Å².